The Morgan fingerprint density at radius 1 is 1.16 bits per heavy atom. The number of thioether (sulfide) groups is 1. The summed E-state index contributed by atoms with van der Waals surface area (Å²) < 4.78 is 55.0. The maximum Gasteiger partial charge on any atom is 0.416 e. The van der Waals surface area contributed by atoms with E-state index in [0.717, 1.165) is 12.1 Å². The molecule has 3 heterocycles. The molecule has 5 rings (SSSR count). The van der Waals surface area contributed by atoms with Crippen LogP contribution in [0.4, 0.5) is 17.6 Å². The molecule has 37 heavy (non-hydrogen) atoms. The van der Waals surface area contributed by atoms with E-state index in [9.17, 15) is 27.2 Å². The second kappa shape index (κ2) is 9.66. The predicted molar refractivity (Wildman–Crippen MR) is 130 cm³/mol. The maximum atomic E-state index is 13.4. The second-order valence-corrected chi connectivity index (χ2v) is 9.84. The molecule has 0 bridgehead atoms. The van der Waals surface area contributed by atoms with Gasteiger partial charge in [0.2, 0.25) is 0 Å². The first kappa shape index (κ1) is 25.0. The van der Waals surface area contributed by atoms with E-state index in [-0.39, 0.29) is 23.9 Å². The first-order valence-corrected chi connectivity index (χ1v) is 12.2. The molecular formula is C25H20F4N4O3S. The number of piperidine rings is 1. The third-order valence-corrected chi connectivity index (χ3v) is 7.43. The summed E-state index contributed by atoms with van der Waals surface area (Å²) in [5.41, 5.74) is 0.136. The van der Waals surface area contributed by atoms with Crippen LogP contribution < -0.4 is 0 Å². The molecule has 1 aromatic heterocycles. The molecule has 0 aliphatic carbocycles. The monoisotopic (exact) mass is 532 g/mol. The van der Waals surface area contributed by atoms with Gasteiger partial charge in [0.05, 0.1) is 34.6 Å². The Balaban J connectivity index is 1.32. The van der Waals surface area contributed by atoms with Crippen molar-refractivity contribution in [1.29, 1.82) is 0 Å². The standard InChI is InChI=1S/C25H20F4N4O3S/c26-18-3-2-16(19(11-18)25(27,28)29)13-33-20-4-1-14(9-17(20)12-30-33)10-21-22(34)31-24(37-21)32-7-5-15(6-8-32)23(35)36/h1-4,9-12,15H,5-8,13H2,(H,35,36). The first-order chi connectivity index (χ1) is 17.6. The van der Waals surface area contributed by atoms with Crippen LogP contribution in [0.5, 0.6) is 0 Å². The number of aliphatic carboxylic acids is 1. The number of aromatic nitrogens is 2. The number of hydrogen-bond donors (Lipinski definition) is 1. The van der Waals surface area contributed by atoms with Gasteiger partial charge in [-0.15, -0.1) is 0 Å². The number of rotatable bonds is 4. The number of amides is 1. The fourth-order valence-electron chi connectivity index (χ4n) is 4.44. The van der Waals surface area contributed by atoms with Crippen molar-refractivity contribution >= 4 is 45.8 Å². The van der Waals surface area contributed by atoms with E-state index < -0.39 is 23.5 Å². The SMILES string of the molecule is O=C1N=C(N2CCC(C(=O)O)CC2)SC1=Cc1ccc2c(cnn2Cc2ccc(F)cc2C(F)(F)F)c1. The first-order valence-electron chi connectivity index (χ1n) is 11.4. The highest BCUT2D eigenvalue weighted by atomic mass is 32.2. The topological polar surface area (TPSA) is 87.8 Å². The molecule has 0 radical (unpaired) electrons. The van der Waals surface area contributed by atoms with Crippen LogP contribution >= 0.6 is 11.8 Å². The van der Waals surface area contributed by atoms with Gasteiger partial charge in [0.1, 0.15) is 5.82 Å². The summed E-state index contributed by atoms with van der Waals surface area (Å²) in [6.45, 7) is 0.834. The van der Waals surface area contributed by atoms with E-state index in [1.54, 1.807) is 24.3 Å². The fraction of sp³-hybridized carbons (Fsp3) is 0.280. The highest BCUT2D eigenvalue weighted by molar-refractivity contribution is 8.18. The van der Waals surface area contributed by atoms with E-state index in [4.69, 9.17) is 5.11 Å². The number of fused-ring (bicyclic) bond motifs is 1. The van der Waals surface area contributed by atoms with Gasteiger partial charge in [0.15, 0.2) is 5.17 Å². The Kier molecular flexibility index (Phi) is 6.52. The number of aliphatic imine (C=N–C) groups is 1. The summed E-state index contributed by atoms with van der Waals surface area (Å²) >= 11 is 1.23. The van der Waals surface area contributed by atoms with Gasteiger partial charge in [0.25, 0.3) is 5.91 Å². The number of carbonyl (C=O) groups excluding carboxylic acids is 1. The van der Waals surface area contributed by atoms with Gasteiger partial charge in [0, 0.05) is 18.5 Å². The molecule has 0 unspecified atom stereocenters. The number of hydrogen-bond acceptors (Lipinski definition) is 5. The van der Waals surface area contributed by atoms with Crippen molar-refractivity contribution in [3.63, 3.8) is 0 Å². The number of alkyl halides is 3. The molecular weight excluding hydrogens is 512 g/mol. The van der Waals surface area contributed by atoms with Crippen LogP contribution in [-0.4, -0.2) is 49.9 Å². The lowest BCUT2D eigenvalue weighted by Gasteiger charge is -2.30. The number of carboxylic acid groups (broad SMARTS) is 1. The zero-order chi connectivity index (χ0) is 26.3. The van der Waals surface area contributed by atoms with Crippen LogP contribution in [0.1, 0.15) is 29.5 Å². The molecule has 0 atom stereocenters. The molecule has 0 spiro atoms. The van der Waals surface area contributed by atoms with E-state index in [1.165, 1.54) is 22.6 Å². The highest BCUT2D eigenvalue weighted by Gasteiger charge is 2.34. The molecule has 2 aliphatic heterocycles. The molecule has 7 nitrogen and oxygen atoms in total. The van der Waals surface area contributed by atoms with E-state index >= 15 is 0 Å². The van der Waals surface area contributed by atoms with Crippen molar-refractivity contribution in [3.05, 3.63) is 70.0 Å². The van der Waals surface area contributed by atoms with Gasteiger partial charge < -0.3 is 10.0 Å². The van der Waals surface area contributed by atoms with Crippen LogP contribution in [0.15, 0.2) is 52.5 Å². The van der Waals surface area contributed by atoms with Gasteiger partial charge in [-0.2, -0.15) is 23.3 Å². The second-order valence-electron chi connectivity index (χ2n) is 8.83. The van der Waals surface area contributed by atoms with Crippen molar-refractivity contribution < 1.29 is 32.3 Å². The molecule has 2 aromatic carbocycles. The summed E-state index contributed by atoms with van der Waals surface area (Å²) in [6.07, 6.45) is -0.507. The highest BCUT2D eigenvalue weighted by Crippen LogP contribution is 2.34. The summed E-state index contributed by atoms with van der Waals surface area (Å²) in [6, 6.07) is 7.77. The van der Waals surface area contributed by atoms with Crippen LogP contribution in [0.3, 0.4) is 0 Å². The number of benzene rings is 2. The summed E-state index contributed by atoms with van der Waals surface area (Å²) in [5, 5.41) is 14.6. The third-order valence-electron chi connectivity index (χ3n) is 6.38. The number of amidine groups is 1. The van der Waals surface area contributed by atoms with E-state index in [0.29, 0.717) is 58.5 Å². The molecule has 1 saturated heterocycles. The van der Waals surface area contributed by atoms with Crippen LogP contribution in [0, 0.1) is 11.7 Å². The molecule has 3 aromatic rings. The summed E-state index contributed by atoms with van der Waals surface area (Å²) in [7, 11) is 0. The average molecular weight is 533 g/mol. The van der Waals surface area contributed by atoms with Gasteiger partial charge >= 0.3 is 12.1 Å². The molecule has 1 fully saturated rings. The number of carboxylic acids is 1. The minimum absolute atomic E-state index is 0.102. The Morgan fingerprint density at radius 3 is 2.62 bits per heavy atom. The van der Waals surface area contributed by atoms with Gasteiger partial charge in [-0.3, -0.25) is 14.3 Å². The Hall–Kier alpha value is -3.67. The minimum atomic E-state index is -4.70. The molecule has 12 heteroatoms. The number of carbonyl (C=O) groups is 2. The van der Waals surface area contributed by atoms with Gasteiger partial charge in [-0.1, -0.05) is 12.1 Å². The Labute approximate surface area is 212 Å². The van der Waals surface area contributed by atoms with Gasteiger partial charge in [-0.25, -0.2) is 4.39 Å². The molecule has 2 aliphatic rings. The Morgan fingerprint density at radius 2 is 1.92 bits per heavy atom. The lowest BCUT2D eigenvalue weighted by Crippen LogP contribution is -2.38. The predicted octanol–water partition coefficient (Wildman–Crippen LogP) is 5.01. The summed E-state index contributed by atoms with van der Waals surface area (Å²) in [4.78, 5) is 30.1. The Bertz CT molecular complexity index is 1460. The fourth-order valence-corrected chi connectivity index (χ4v) is 5.40. The molecule has 1 N–H and O–H groups in total. The maximum absolute atomic E-state index is 13.4. The smallest absolute Gasteiger partial charge is 0.416 e. The van der Waals surface area contributed by atoms with Crippen LogP contribution in [0.2, 0.25) is 0 Å². The summed E-state index contributed by atoms with van der Waals surface area (Å²) in [5.74, 6) is -2.54. The number of halogens is 4. The van der Waals surface area contributed by atoms with Gasteiger partial charge in [-0.05, 0) is 66.1 Å². The average Bonchev–Trinajstić information content (AvgIpc) is 3.42. The molecule has 0 saturated carbocycles. The van der Waals surface area contributed by atoms with Crippen molar-refractivity contribution in [3.8, 4) is 0 Å². The number of nitrogens with zero attached hydrogens (tertiary/aromatic N) is 4. The zero-order valence-electron chi connectivity index (χ0n) is 19.2. The minimum Gasteiger partial charge on any atom is -0.481 e. The van der Waals surface area contributed by atoms with Crippen molar-refractivity contribution in [2.75, 3.05) is 13.1 Å². The zero-order valence-corrected chi connectivity index (χ0v) is 20.0. The molecule has 1 amide bonds. The van der Waals surface area contributed by atoms with E-state index in [2.05, 4.69) is 10.1 Å². The third kappa shape index (κ3) is 5.24. The largest absolute Gasteiger partial charge is 0.481 e. The number of likely N-dealkylation sites (tertiary alicyclic amines) is 1. The van der Waals surface area contributed by atoms with Crippen molar-refractivity contribution in [1.82, 2.24) is 14.7 Å². The normalized spacial score (nSPS) is 18.2. The van der Waals surface area contributed by atoms with Crippen molar-refractivity contribution in [2.24, 2.45) is 10.9 Å². The van der Waals surface area contributed by atoms with Crippen molar-refractivity contribution in [2.45, 2.75) is 25.6 Å². The lowest BCUT2D eigenvalue weighted by atomic mass is 9.98. The molecule has 192 valence electrons. The van der Waals surface area contributed by atoms with E-state index in [1.807, 2.05) is 4.90 Å². The quantitative estimate of drug-likeness (QED) is 0.376. The van der Waals surface area contributed by atoms with Crippen LogP contribution in [-0.2, 0) is 22.3 Å². The lowest BCUT2D eigenvalue weighted by molar-refractivity contribution is -0.143. The van der Waals surface area contributed by atoms with Crippen LogP contribution in [0.25, 0.3) is 17.0 Å².